The molecule has 1 saturated heterocycles. The molecule has 6 nitrogen and oxygen atoms in total. The van der Waals surface area contributed by atoms with Crippen LogP contribution in [-0.2, 0) is 4.79 Å². The molecular formula is C21H20FN3O3. The zero-order chi connectivity index (χ0) is 19.7. The van der Waals surface area contributed by atoms with Gasteiger partial charge in [-0.2, -0.15) is 0 Å². The van der Waals surface area contributed by atoms with Crippen LogP contribution in [0.2, 0.25) is 0 Å². The number of hydrogen-bond donors (Lipinski definition) is 3. The van der Waals surface area contributed by atoms with Crippen LogP contribution in [0.5, 0.6) is 5.75 Å². The Morgan fingerprint density at radius 2 is 2.29 bits per heavy atom. The summed E-state index contributed by atoms with van der Waals surface area (Å²) in [6.45, 7) is 1.77. The normalized spacial score (nSPS) is 20.0. The van der Waals surface area contributed by atoms with Gasteiger partial charge in [0, 0.05) is 24.8 Å². The Kier molecular flexibility index (Phi) is 4.90. The standard InChI is InChI=1S/C21H20FN3O3/c1-28-19-6-8-23-18(19)11-15-20-14(3-2-9-25-10-7-13(26)12-25)16(22)4-5-17(20)24-21(15)27/h4-6,8,11,13,23,26H,7,9-10,12H2,1H3,(H,24,27)/t13-/m0/s1. The van der Waals surface area contributed by atoms with E-state index in [1.165, 1.54) is 12.1 Å². The van der Waals surface area contributed by atoms with Crippen LogP contribution in [0.15, 0.2) is 24.4 Å². The minimum atomic E-state index is -0.478. The lowest BCUT2D eigenvalue weighted by Gasteiger charge is -2.09. The number of halogens is 1. The zero-order valence-corrected chi connectivity index (χ0v) is 15.4. The third-order valence-electron chi connectivity index (χ3n) is 4.93. The van der Waals surface area contributed by atoms with Crippen molar-refractivity contribution in [1.29, 1.82) is 0 Å². The van der Waals surface area contributed by atoms with Crippen LogP contribution in [-0.4, -0.2) is 53.7 Å². The molecule has 3 N–H and O–H groups in total. The van der Waals surface area contributed by atoms with Crippen molar-refractivity contribution < 1.29 is 19.0 Å². The molecule has 0 saturated carbocycles. The molecular weight excluding hydrogens is 361 g/mol. The summed E-state index contributed by atoms with van der Waals surface area (Å²) in [4.78, 5) is 17.5. The Labute approximate surface area is 162 Å². The lowest BCUT2D eigenvalue weighted by atomic mass is 9.99. The smallest absolute Gasteiger partial charge is 0.256 e. The highest BCUT2D eigenvalue weighted by Gasteiger charge is 2.29. The molecule has 1 atom stereocenters. The van der Waals surface area contributed by atoms with E-state index in [9.17, 15) is 14.3 Å². The van der Waals surface area contributed by atoms with Crippen LogP contribution in [0.4, 0.5) is 10.1 Å². The topological polar surface area (TPSA) is 77.6 Å². The van der Waals surface area contributed by atoms with Crippen molar-refractivity contribution in [2.75, 3.05) is 32.1 Å². The highest BCUT2D eigenvalue weighted by Crippen LogP contribution is 2.37. The van der Waals surface area contributed by atoms with Gasteiger partial charge in [0.1, 0.15) is 11.6 Å². The van der Waals surface area contributed by atoms with Gasteiger partial charge in [-0.15, -0.1) is 0 Å². The number of aromatic nitrogens is 1. The molecule has 2 aliphatic rings. The number of nitrogens with one attached hydrogen (secondary N) is 2. The maximum absolute atomic E-state index is 14.6. The number of carbonyl (C=O) groups excluding carboxylic acids is 1. The van der Waals surface area contributed by atoms with Crippen LogP contribution in [0.25, 0.3) is 11.6 Å². The number of anilines is 1. The van der Waals surface area contributed by atoms with Gasteiger partial charge in [-0.25, -0.2) is 4.39 Å². The minimum Gasteiger partial charge on any atom is -0.495 e. The monoisotopic (exact) mass is 381 g/mol. The number of aliphatic hydroxyl groups excluding tert-OH is 1. The minimum absolute atomic E-state index is 0.187. The average molecular weight is 381 g/mol. The number of β-amino-alcohol motifs (C(OH)–C–C–N with tert-alkyl or cyclic N) is 1. The zero-order valence-electron chi connectivity index (χ0n) is 15.4. The van der Waals surface area contributed by atoms with Gasteiger partial charge in [-0.3, -0.25) is 9.69 Å². The number of benzene rings is 1. The molecule has 0 aliphatic carbocycles. The van der Waals surface area contributed by atoms with Crippen LogP contribution in [0, 0.1) is 17.7 Å². The second kappa shape index (κ2) is 7.50. The number of hydrogen-bond acceptors (Lipinski definition) is 4. The number of aliphatic hydroxyl groups is 1. The molecule has 2 aromatic rings. The Bertz CT molecular complexity index is 1020. The molecule has 1 fully saturated rings. The van der Waals surface area contributed by atoms with E-state index >= 15 is 0 Å². The number of carbonyl (C=O) groups is 1. The van der Waals surface area contributed by atoms with E-state index < -0.39 is 5.82 Å². The van der Waals surface area contributed by atoms with Crippen LogP contribution < -0.4 is 10.1 Å². The second-order valence-electron chi connectivity index (χ2n) is 6.80. The first kappa shape index (κ1) is 18.3. The quantitative estimate of drug-likeness (QED) is 0.562. The molecule has 7 heteroatoms. The highest BCUT2D eigenvalue weighted by atomic mass is 19.1. The summed E-state index contributed by atoms with van der Waals surface area (Å²) in [6, 6.07) is 4.59. The van der Waals surface area contributed by atoms with Crippen molar-refractivity contribution in [2.45, 2.75) is 12.5 Å². The van der Waals surface area contributed by atoms with Gasteiger partial charge in [0.15, 0.2) is 0 Å². The summed E-state index contributed by atoms with van der Waals surface area (Å²) in [7, 11) is 1.54. The summed E-state index contributed by atoms with van der Waals surface area (Å²) in [5.41, 5.74) is 2.12. The van der Waals surface area contributed by atoms with Gasteiger partial charge in [-0.1, -0.05) is 11.8 Å². The Morgan fingerprint density at radius 3 is 3.04 bits per heavy atom. The van der Waals surface area contributed by atoms with Gasteiger partial charge in [0.25, 0.3) is 5.91 Å². The van der Waals surface area contributed by atoms with Gasteiger partial charge in [0.2, 0.25) is 0 Å². The van der Waals surface area contributed by atoms with E-state index in [0.29, 0.717) is 41.4 Å². The molecule has 3 heterocycles. The summed E-state index contributed by atoms with van der Waals surface area (Å²) < 4.78 is 19.8. The molecule has 1 aromatic heterocycles. The van der Waals surface area contributed by atoms with Gasteiger partial charge in [0.05, 0.1) is 42.3 Å². The molecule has 0 radical (unpaired) electrons. The predicted octanol–water partition coefficient (Wildman–Crippen LogP) is 2.07. The van der Waals surface area contributed by atoms with Crippen molar-refractivity contribution >= 4 is 23.2 Å². The first-order chi connectivity index (χ1) is 13.6. The number of methoxy groups -OCH3 is 1. The largest absolute Gasteiger partial charge is 0.495 e. The van der Waals surface area contributed by atoms with Crippen molar-refractivity contribution in [3.8, 4) is 17.6 Å². The Balaban J connectivity index is 1.71. The number of fused-ring (bicyclic) bond motifs is 1. The first-order valence-electron chi connectivity index (χ1n) is 9.03. The number of H-pyrrole nitrogens is 1. The number of ether oxygens (including phenoxy) is 1. The fourth-order valence-corrected chi connectivity index (χ4v) is 3.52. The van der Waals surface area contributed by atoms with E-state index in [4.69, 9.17) is 4.74 Å². The highest BCUT2D eigenvalue weighted by molar-refractivity contribution is 6.35. The Hall–Kier alpha value is -3.08. The van der Waals surface area contributed by atoms with Crippen molar-refractivity contribution in [3.63, 3.8) is 0 Å². The molecule has 1 amide bonds. The second-order valence-corrected chi connectivity index (χ2v) is 6.80. The van der Waals surface area contributed by atoms with E-state index in [0.717, 1.165) is 13.0 Å². The average Bonchev–Trinajstić information content (AvgIpc) is 3.37. The SMILES string of the molecule is COc1cc[nH]c1C=C1C(=O)Nc2ccc(F)c(C#CCN3CC[C@H](O)C3)c21. The molecule has 2 aliphatic heterocycles. The lowest BCUT2D eigenvalue weighted by Crippen LogP contribution is -2.22. The Morgan fingerprint density at radius 1 is 1.43 bits per heavy atom. The van der Waals surface area contributed by atoms with Crippen molar-refractivity contribution in [3.05, 3.63) is 47.0 Å². The lowest BCUT2D eigenvalue weighted by molar-refractivity contribution is -0.110. The number of rotatable bonds is 3. The fraction of sp³-hybridized carbons (Fsp3) is 0.286. The molecule has 0 spiro atoms. The maximum atomic E-state index is 14.6. The summed E-state index contributed by atoms with van der Waals surface area (Å²) in [5.74, 6) is 5.66. The molecule has 0 bridgehead atoms. The number of likely N-dealkylation sites (tertiary alicyclic amines) is 1. The number of amides is 1. The molecule has 28 heavy (non-hydrogen) atoms. The molecule has 1 aromatic carbocycles. The summed E-state index contributed by atoms with van der Waals surface area (Å²) >= 11 is 0. The molecule has 4 rings (SSSR count). The van der Waals surface area contributed by atoms with Crippen molar-refractivity contribution in [1.82, 2.24) is 9.88 Å². The van der Waals surface area contributed by atoms with E-state index in [1.807, 2.05) is 4.90 Å². The van der Waals surface area contributed by atoms with E-state index in [-0.39, 0.29) is 17.6 Å². The van der Waals surface area contributed by atoms with Gasteiger partial charge in [-0.05, 0) is 30.7 Å². The summed E-state index contributed by atoms with van der Waals surface area (Å²) in [5, 5.41) is 12.4. The number of nitrogens with zero attached hydrogens (tertiary/aromatic N) is 1. The number of aromatic amines is 1. The van der Waals surface area contributed by atoms with Crippen LogP contribution in [0.1, 0.15) is 23.2 Å². The third-order valence-corrected chi connectivity index (χ3v) is 4.93. The summed E-state index contributed by atoms with van der Waals surface area (Å²) in [6.07, 6.45) is 3.74. The molecule has 0 unspecified atom stereocenters. The van der Waals surface area contributed by atoms with Gasteiger partial charge < -0.3 is 20.1 Å². The van der Waals surface area contributed by atoms with Gasteiger partial charge >= 0.3 is 0 Å². The molecule has 144 valence electrons. The fourth-order valence-electron chi connectivity index (χ4n) is 3.52. The van der Waals surface area contributed by atoms with E-state index in [2.05, 4.69) is 22.1 Å². The van der Waals surface area contributed by atoms with Crippen LogP contribution >= 0.6 is 0 Å². The van der Waals surface area contributed by atoms with Crippen molar-refractivity contribution in [2.24, 2.45) is 0 Å². The predicted molar refractivity (Wildman–Crippen MR) is 104 cm³/mol. The maximum Gasteiger partial charge on any atom is 0.256 e. The third kappa shape index (κ3) is 3.40. The van der Waals surface area contributed by atoms with Crippen LogP contribution in [0.3, 0.4) is 0 Å². The first-order valence-corrected chi connectivity index (χ1v) is 9.03. The van der Waals surface area contributed by atoms with E-state index in [1.54, 1.807) is 25.4 Å².